The molecule has 0 saturated heterocycles. The maximum atomic E-state index is 2.58. The third-order valence-electron chi connectivity index (χ3n) is 6.81. The van der Waals surface area contributed by atoms with Crippen molar-refractivity contribution in [2.24, 2.45) is 35.0 Å². The Hall–Kier alpha value is 0. The van der Waals surface area contributed by atoms with Crippen molar-refractivity contribution in [2.75, 3.05) is 0 Å². The van der Waals surface area contributed by atoms with Crippen LogP contribution in [0.25, 0.3) is 0 Å². The molecular formula is C19H38. The number of hydrogen-bond acceptors (Lipinski definition) is 0. The van der Waals surface area contributed by atoms with Crippen molar-refractivity contribution < 1.29 is 0 Å². The smallest absolute Gasteiger partial charge is 0.0269 e. The molecule has 1 fully saturated rings. The van der Waals surface area contributed by atoms with Crippen LogP contribution in [0.3, 0.4) is 0 Å². The summed E-state index contributed by atoms with van der Waals surface area (Å²) in [5.74, 6) is 4.48. The molecule has 1 aliphatic carbocycles. The Balaban J connectivity index is 2.66. The minimum atomic E-state index is 0.576. The molecular weight excluding hydrogens is 228 g/mol. The summed E-state index contributed by atoms with van der Waals surface area (Å²) in [6.45, 7) is 17.2. The highest BCUT2D eigenvalue weighted by Gasteiger charge is 2.43. The van der Waals surface area contributed by atoms with E-state index in [4.69, 9.17) is 0 Å². The summed E-state index contributed by atoms with van der Waals surface area (Å²) < 4.78 is 0. The SMILES string of the molecule is CCC(C)CCC1CCC[C@@](C)(C(C)C(C)C)C1C. The summed E-state index contributed by atoms with van der Waals surface area (Å²) in [6, 6.07) is 0. The van der Waals surface area contributed by atoms with Crippen LogP contribution in [0, 0.1) is 35.0 Å². The van der Waals surface area contributed by atoms with Crippen LogP contribution < -0.4 is 0 Å². The lowest BCUT2D eigenvalue weighted by molar-refractivity contribution is -0.00369. The van der Waals surface area contributed by atoms with Crippen LogP contribution in [0.2, 0.25) is 0 Å². The Morgan fingerprint density at radius 1 is 1.16 bits per heavy atom. The van der Waals surface area contributed by atoms with Gasteiger partial charge in [0.2, 0.25) is 0 Å². The van der Waals surface area contributed by atoms with Crippen LogP contribution in [0.4, 0.5) is 0 Å². The Bertz CT molecular complexity index is 255. The third-order valence-corrected chi connectivity index (χ3v) is 6.81. The number of rotatable bonds is 6. The van der Waals surface area contributed by atoms with Crippen molar-refractivity contribution in [1.82, 2.24) is 0 Å². The van der Waals surface area contributed by atoms with E-state index in [9.17, 15) is 0 Å². The van der Waals surface area contributed by atoms with Gasteiger partial charge in [0, 0.05) is 0 Å². The fraction of sp³-hybridized carbons (Fsp3) is 1.00. The van der Waals surface area contributed by atoms with Gasteiger partial charge < -0.3 is 0 Å². The van der Waals surface area contributed by atoms with E-state index in [1.807, 2.05) is 0 Å². The van der Waals surface area contributed by atoms with Crippen molar-refractivity contribution >= 4 is 0 Å². The molecule has 0 radical (unpaired) electrons. The van der Waals surface area contributed by atoms with Gasteiger partial charge in [0.25, 0.3) is 0 Å². The topological polar surface area (TPSA) is 0 Å². The lowest BCUT2D eigenvalue weighted by Crippen LogP contribution is -2.42. The highest BCUT2D eigenvalue weighted by Crippen LogP contribution is 2.52. The first-order valence-electron chi connectivity index (χ1n) is 8.82. The molecule has 0 heteroatoms. The molecule has 1 saturated carbocycles. The van der Waals surface area contributed by atoms with Gasteiger partial charge in [-0.25, -0.2) is 0 Å². The molecule has 0 aromatic carbocycles. The predicted octanol–water partition coefficient (Wildman–Crippen LogP) is 6.55. The Kier molecular flexibility index (Phi) is 6.40. The largest absolute Gasteiger partial charge is 0.0651 e. The highest BCUT2D eigenvalue weighted by atomic mass is 14.5. The van der Waals surface area contributed by atoms with Crippen LogP contribution in [-0.4, -0.2) is 0 Å². The molecule has 0 spiro atoms. The predicted molar refractivity (Wildman–Crippen MR) is 87.3 cm³/mol. The molecule has 114 valence electrons. The maximum Gasteiger partial charge on any atom is -0.0269 e. The zero-order chi connectivity index (χ0) is 14.6. The molecule has 0 N–H and O–H groups in total. The van der Waals surface area contributed by atoms with Crippen LogP contribution in [-0.2, 0) is 0 Å². The molecule has 0 heterocycles. The summed E-state index contributed by atoms with van der Waals surface area (Å²) in [7, 11) is 0. The van der Waals surface area contributed by atoms with E-state index in [1.165, 1.54) is 38.5 Å². The van der Waals surface area contributed by atoms with Gasteiger partial charge in [0.05, 0.1) is 0 Å². The van der Waals surface area contributed by atoms with E-state index < -0.39 is 0 Å². The fourth-order valence-corrected chi connectivity index (χ4v) is 4.26. The minimum absolute atomic E-state index is 0.576. The molecule has 4 unspecified atom stereocenters. The zero-order valence-electron chi connectivity index (χ0n) is 14.6. The Labute approximate surface area is 122 Å². The van der Waals surface area contributed by atoms with Crippen molar-refractivity contribution in [3.63, 3.8) is 0 Å². The molecule has 0 amide bonds. The molecule has 1 aliphatic rings. The van der Waals surface area contributed by atoms with E-state index in [0.29, 0.717) is 5.41 Å². The fourth-order valence-electron chi connectivity index (χ4n) is 4.26. The Morgan fingerprint density at radius 3 is 2.32 bits per heavy atom. The standard InChI is InChI=1S/C19H38/c1-8-15(4)11-12-18-10-9-13-19(7,17(18)6)16(5)14(2)3/h14-18H,8-13H2,1-7H3/t15?,16?,17?,18?,19-/m0/s1. The van der Waals surface area contributed by atoms with Crippen LogP contribution >= 0.6 is 0 Å². The summed E-state index contributed by atoms with van der Waals surface area (Å²) in [6.07, 6.45) is 8.66. The summed E-state index contributed by atoms with van der Waals surface area (Å²) in [5.41, 5.74) is 0.576. The van der Waals surface area contributed by atoms with Gasteiger partial charge in [-0.3, -0.25) is 0 Å². The monoisotopic (exact) mass is 266 g/mol. The minimum Gasteiger partial charge on any atom is -0.0651 e. The van der Waals surface area contributed by atoms with Crippen molar-refractivity contribution in [3.05, 3.63) is 0 Å². The van der Waals surface area contributed by atoms with Crippen LogP contribution in [0.15, 0.2) is 0 Å². The second-order valence-electron chi connectivity index (χ2n) is 8.07. The quantitative estimate of drug-likeness (QED) is 0.511. The van der Waals surface area contributed by atoms with E-state index in [0.717, 1.165) is 29.6 Å². The normalized spacial score (nSPS) is 35.4. The molecule has 0 aromatic rings. The first-order chi connectivity index (χ1) is 8.82. The summed E-state index contributed by atoms with van der Waals surface area (Å²) in [4.78, 5) is 0. The summed E-state index contributed by atoms with van der Waals surface area (Å²) in [5, 5.41) is 0. The lowest BCUT2D eigenvalue weighted by Gasteiger charge is -2.50. The molecule has 5 atom stereocenters. The first kappa shape index (κ1) is 17.1. The molecule has 0 aromatic heterocycles. The highest BCUT2D eigenvalue weighted by molar-refractivity contribution is 4.92. The summed E-state index contributed by atoms with van der Waals surface area (Å²) >= 11 is 0. The van der Waals surface area contributed by atoms with Gasteiger partial charge in [-0.1, -0.05) is 74.1 Å². The van der Waals surface area contributed by atoms with Gasteiger partial charge >= 0.3 is 0 Å². The molecule has 1 rings (SSSR count). The lowest BCUT2D eigenvalue weighted by atomic mass is 9.55. The third kappa shape index (κ3) is 3.99. The van der Waals surface area contributed by atoms with Crippen LogP contribution in [0.5, 0.6) is 0 Å². The van der Waals surface area contributed by atoms with Crippen molar-refractivity contribution in [3.8, 4) is 0 Å². The van der Waals surface area contributed by atoms with Gasteiger partial charge in [-0.05, 0) is 47.8 Å². The van der Waals surface area contributed by atoms with E-state index in [-0.39, 0.29) is 0 Å². The second kappa shape index (κ2) is 7.14. The van der Waals surface area contributed by atoms with Gasteiger partial charge in [0.15, 0.2) is 0 Å². The van der Waals surface area contributed by atoms with Crippen molar-refractivity contribution in [1.29, 1.82) is 0 Å². The van der Waals surface area contributed by atoms with Gasteiger partial charge in [-0.15, -0.1) is 0 Å². The average Bonchev–Trinajstić information content (AvgIpc) is 2.39. The van der Waals surface area contributed by atoms with E-state index in [1.54, 1.807) is 0 Å². The van der Waals surface area contributed by atoms with Gasteiger partial charge in [-0.2, -0.15) is 0 Å². The zero-order valence-corrected chi connectivity index (χ0v) is 14.6. The number of hydrogen-bond donors (Lipinski definition) is 0. The molecule has 0 aliphatic heterocycles. The Morgan fingerprint density at radius 2 is 1.79 bits per heavy atom. The average molecular weight is 267 g/mol. The first-order valence-corrected chi connectivity index (χ1v) is 8.82. The molecule has 0 bridgehead atoms. The van der Waals surface area contributed by atoms with Crippen molar-refractivity contribution in [2.45, 2.75) is 87.0 Å². The molecule has 19 heavy (non-hydrogen) atoms. The van der Waals surface area contributed by atoms with E-state index >= 15 is 0 Å². The van der Waals surface area contributed by atoms with Gasteiger partial charge in [0.1, 0.15) is 0 Å². The van der Waals surface area contributed by atoms with E-state index in [2.05, 4.69) is 48.5 Å². The maximum absolute atomic E-state index is 2.58. The second-order valence-corrected chi connectivity index (χ2v) is 8.07. The van der Waals surface area contributed by atoms with Crippen LogP contribution in [0.1, 0.15) is 87.0 Å². The molecule has 0 nitrogen and oxygen atoms in total.